The van der Waals surface area contributed by atoms with E-state index >= 15 is 8.78 Å². The molecular weight excluding hydrogens is 478 g/mol. The average Bonchev–Trinajstić information content (AvgIpc) is 2.86. The normalized spacial score (nSPS) is 26.1. The molecule has 2 saturated heterocycles. The van der Waals surface area contributed by atoms with E-state index in [1.165, 1.54) is 32.7 Å². The van der Waals surface area contributed by atoms with Crippen LogP contribution < -0.4 is 10.2 Å². The quantitative estimate of drug-likeness (QED) is 0.429. The van der Waals surface area contributed by atoms with Crippen LogP contribution in [0.25, 0.3) is 17.0 Å². The molecule has 37 heavy (non-hydrogen) atoms. The van der Waals surface area contributed by atoms with Crippen molar-refractivity contribution in [2.24, 2.45) is 9.98 Å². The van der Waals surface area contributed by atoms with Gasteiger partial charge in [-0.05, 0) is 70.9 Å². The second-order valence-electron chi connectivity index (χ2n) is 10.4. The van der Waals surface area contributed by atoms with Crippen LogP contribution in [0.3, 0.4) is 0 Å². The predicted molar refractivity (Wildman–Crippen MR) is 142 cm³/mol. The Bertz CT molecular complexity index is 1230. The van der Waals surface area contributed by atoms with Crippen LogP contribution in [0.4, 0.5) is 14.6 Å². The van der Waals surface area contributed by atoms with Crippen LogP contribution in [0.2, 0.25) is 0 Å². The first kappa shape index (κ1) is 26.7. The first-order valence-corrected chi connectivity index (χ1v) is 12.3. The van der Waals surface area contributed by atoms with Gasteiger partial charge in [0.2, 0.25) is 5.90 Å². The standard InChI is InChI=1S/C27H34F2N6O2/c1-26-10-7-11-27(2,34-26)15-16(14-26)35(5)21-9-8-18(32-33-21)23-20(36)12-17(24(28)25(23)29)19(30-3)13-22(31-4)37-6/h8-9,12-13,16,34,36H,3,7,10-11,14-15H2,1-2,4-6H3/b19-13-,31-22+/t16-,26-,27+. The summed E-state index contributed by atoms with van der Waals surface area (Å²) >= 11 is 0. The second-order valence-corrected chi connectivity index (χ2v) is 10.4. The highest BCUT2D eigenvalue weighted by atomic mass is 19.2. The molecule has 3 heterocycles. The van der Waals surface area contributed by atoms with Crippen LogP contribution in [0, 0.1) is 11.6 Å². The second kappa shape index (κ2) is 10.2. The van der Waals surface area contributed by atoms with Crippen molar-refractivity contribution in [3.8, 4) is 17.0 Å². The van der Waals surface area contributed by atoms with Crippen LogP contribution in [0.15, 0.2) is 34.3 Å². The molecule has 1 aromatic heterocycles. The van der Waals surface area contributed by atoms with Gasteiger partial charge < -0.3 is 20.1 Å². The highest BCUT2D eigenvalue weighted by molar-refractivity contribution is 5.96. The van der Waals surface area contributed by atoms with Crippen molar-refractivity contribution in [3.63, 3.8) is 0 Å². The number of ether oxygens (including phenoxy) is 1. The zero-order chi connectivity index (χ0) is 27.0. The lowest BCUT2D eigenvalue weighted by molar-refractivity contribution is 0.0784. The van der Waals surface area contributed by atoms with Crippen molar-refractivity contribution in [2.75, 3.05) is 26.1 Å². The first-order chi connectivity index (χ1) is 17.5. The van der Waals surface area contributed by atoms with Crippen LogP contribution in [0.1, 0.15) is 51.5 Å². The van der Waals surface area contributed by atoms with Crippen molar-refractivity contribution in [3.05, 3.63) is 41.5 Å². The Morgan fingerprint density at radius 3 is 2.43 bits per heavy atom. The third kappa shape index (κ3) is 5.20. The fraction of sp³-hybridized carbons (Fsp3) is 0.481. The number of nitrogens with one attached hydrogen (secondary N) is 1. The molecule has 8 nitrogen and oxygen atoms in total. The summed E-state index contributed by atoms with van der Waals surface area (Å²) < 4.78 is 35.3. The minimum absolute atomic E-state index is 0.0171. The molecule has 10 heteroatoms. The van der Waals surface area contributed by atoms with Gasteiger partial charge in [0.05, 0.1) is 24.1 Å². The lowest BCUT2D eigenvalue weighted by Crippen LogP contribution is -2.66. The van der Waals surface area contributed by atoms with Gasteiger partial charge in [-0.1, -0.05) is 0 Å². The minimum atomic E-state index is -1.26. The van der Waals surface area contributed by atoms with Crippen LogP contribution >= 0.6 is 0 Å². The molecular formula is C27H34F2N6O2. The molecule has 0 saturated carbocycles. The van der Waals surface area contributed by atoms with E-state index in [0.29, 0.717) is 5.82 Å². The van der Waals surface area contributed by atoms with E-state index in [1.807, 2.05) is 7.05 Å². The number of hydrogen-bond acceptors (Lipinski definition) is 8. The number of piperidine rings is 2. The van der Waals surface area contributed by atoms with Gasteiger partial charge in [-0.3, -0.25) is 9.98 Å². The number of methoxy groups -OCH3 is 1. The fourth-order valence-electron chi connectivity index (χ4n) is 5.83. The number of nitrogens with zero attached hydrogens (tertiary/aromatic N) is 5. The van der Waals surface area contributed by atoms with E-state index in [-0.39, 0.29) is 45.5 Å². The number of phenols is 1. The van der Waals surface area contributed by atoms with Gasteiger partial charge in [0.25, 0.3) is 0 Å². The van der Waals surface area contributed by atoms with E-state index in [1.54, 1.807) is 6.07 Å². The molecule has 2 fully saturated rings. The Morgan fingerprint density at radius 1 is 1.22 bits per heavy atom. The van der Waals surface area contributed by atoms with Gasteiger partial charge in [-0.15, -0.1) is 10.2 Å². The fourth-order valence-corrected chi connectivity index (χ4v) is 5.83. The van der Waals surface area contributed by atoms with Crippen LogP contribution in [-0.2, 0) is 4.74 Å². The molecule has 0 unspecified atom stereocenters. The summed E-state index contributed by atoms with van der Waals surface area (Å²) in [6.45, 7) is 7.95. The van der Waals surface area contributed by atoms with Crippen molar-refractivity contribution in [1.29, 1.82) is 0 Å². The maximum atomic E-state index is 15.2. The number of benzene rings is 1. The number of aromatic nitrogens is 2. The molecule has 2 aromatic rings. The lowest BCUT2D eigenvalue weighted by Gasteiger charge is -2.55. The number of fused-ring (bicyclic) bond motifs is 2. The molecule has 0 aliphatic carbocycles. The number of hydrogen-bond donors (Lipinski definition) is 2. The van der Waals surface area contributed by atoms with Crippen molar-refractivity contribution < 1.29 is 18.6 Å². The molecule has 0 amide bonds. The molecule has 0 radical (unpaired) electrons. The summed E-state index contributed by atoms with van der Waals surface area (Å²) in [5.41, 5.74) is -0.534. The molecule has 2 aliphatic heterocycles. The monoisotopic (exact) mass is 512 g/mol. The molecule has 1 aromatic carbocycles. The highest BCUT2D eigenvalue weighted by Gasteiger charge is 2.46. The topological polar surface area (TPSA) is 95.2 Å². The Morgan fingerprint density at radius 2 is 1.89 bits per heavy atom. The summed E-state index contributed by atoms with van der Waals surface area (Å²) in [6, 6.07) is 4.60. The Hall–Kier alpha value is -3.40. The third-order valence-corrected chi connectivity index (χ3v) is 7.57. The molecule has 2 aliphatic rings. The molecule has 2 bridgehead atoms. The van der Waals surface area contributed by atoms with E-state index in [4.69, 9.17) is 4.74 Å². The maximum absolute atomic E-state index is 15.2. The van der Waals surface area contributed by atoms with Gasteiger partial charge in [0.1, 0.15) is 5.75 Å². The SMILES string of the molecule is C=N/C(=C\C(=N/C)OC)c1cc(O)c(-c2ccc(N(C)[C@H]3C[C@]4(C)CCC[C@](C)(C3)N4)nn2)c(F)c1F. The van der Waals surface area contributed by atoms with E-state index in [0.717, 1.165) is 31.7 Å². The minimum Gasteiger partial charge on any atom is -0.507 e. The number of rotatable bonds is 6. The number of halogens is 2. The Labute approximate surface area is 216 Å². The zero-order valence-electron chi connectivity index (χ0n) is 22.0. The van der Waals surface area contributed by atoms with E-state index in [2.05, 4.69) is 51.0 Å². The maximum Gasteiger partial charge on any atom is 0.210 e. The Balaban J connectivity index is 1.62. The summed E-state index contributed by atoms with van der Waals surface area (Å²) in [7, 11) is 4.84. The van der Waals surface area contributed by atoms with Gasteiger partial charge in [0, 0.05) is 42.9 Å². The smallest absolute Gasteiger partial charge is 0.210 e. The van der Waals surface area contributed by atoms with Crippen molar-refractivity contribution >= 4 is 24.1 Å². The van der Waals surface area contributed by atoms with E-state index < -0.39 is 17.4 Å². The summed E-state index contributed by atoms with van der Waals surface area (Å²) in [6.07, 6.45) is 6.73. The Kier molecular flexibility index (Phi) is 7.32. The third-order valence-electron chi connectivity index (χ3n) is 7.57. The van der Waals surface area contributed by atoms with Gasteiger partial charge in [-0.25, -0.2) is 8.78 Å². The van der Waals surface area contributed by atoms with Gasteiger partial charge >= 0.3 is 0 Å². The van der Waals surface area contributed by atoms with Crippen LogP contribution in [0.5, 0.6) is 5.75 Å². The average molecular weight is 513 g/mol. The van der Waals surface area contributed by atoms with Gasteiger partial charge in [-0.2, -0.15) is 0 Å². The van der Waals surface area contributed by atoms with Crippen molar-refractivity contribution in [1.82, 2.24) is 15.5 Å². The lowest BCUT2D eigenvalue weighted by atomic mass is 9.69. The molecule has 198 valence electrons. The molecule has 0 spiro atoms. The largest absolute Gasteiger partial charge is 0.507 e. The number of phenolic OH excluding ortho intramolecular Hbond substituents is 1. The summed E-state index contributed by atoms with van der Waals surface area (Å²) in [5, 5.41) is 22.9. The summed E-state index contributed by atoms with van der Waals surface area (Å²) in [4.78, 5) is 9.71. The summed E-state index contributed by atoms with van der Waals surface area (Å²) in [5.74, 6) is -2.21. The van der Waals surface area contributed by atoms with Crippen molar-refractivity contribution in [2.45, 2.75) is 63.1 Å². The highest BCUT2D eigenvalue weighted by Crippen LogP contribution is 2.42. The molecule has 2 N–H and O–H groups in total. The zero-order valence-corrected chi connectivity index (χ0v) is 22.0. The molecule has 3 atom stereocenters. The van der Waals surface area contributed by atoms with Crippen LogP contribution in [-0.4, -0.2) is 66.2 Å². The predicted octanol–water partition coefficient (Wildman–Crippen LogP) is 4.73. The number of aromatic hydroxyl groups is 1. The van der Waals surface area contributed by atoms with Gasteiger partial charge in [0.15, 0.2) is 17.5 Å². The number of anilines is 1. The van der Waals surface area contributed by atoms with E-state index in [9.17, 15) is 5.11 Å². The number of aliphatic imine (C=N–C) groups is 2. The first-order valence-electron chi connectivity index (χ1n) is 12.3. The molecule has 4 rings (SSSR count).